The Morgan fingerprint density at radius 3 is 3.00 bits per heavy atom. The normalized spacial score (nSPS) is 11.0. The first-order valence-electron chi connectivity index (χ1n) is 3.67. The molecule has 1 heterocycles. The number of thiophene rings is 1. The molecule has 0 spiro atoms. The SMILES string of the molecule is Sc1cc2ccsc2c(CBr)c1Cl. The van der Waals surface area contributed by atoms with E-state index >= 15 is 0 Å². The number of benzene rings is 1. The Balaban J connectivity index is 2.87. The van der Waals surface area contributed by atoms with Crippen LogP contribution in [0.4, 0.5) is 0 Å². The van der Waals surface area contributed by atoms with E-state index in [0.717, 1.165) is 20.8 Å². The van der Waals surface area contributed by atoms with Gasteiger partial charge in [-0.05, 0) is 22.9 Å². The summed E-state index contributed by atoms with van der Waals surface area (Å²) in [4.78, 5) is 0.849. The summed E-state index contributed by atoms with van der Waals surface area (Å²) >= 11 is 15.6. The minimum Gasteiger partial charge on any atom is -0.143 e. The number of hydrogen-bond donors (Lipinski definition) is 1. The first-order chi connectivity index (χ1) is 6.24. The summed E-state index contributed by atoms with van der Waals surface area (Å²) in [7, 11) is 0. The Labute approximate surface area is 99.4 Å². The molecular formula is C9H6BrClS2. The number of thiol groups is 1. The van der Waals surface area contributed by atoms with Gasteiger partial charge in [-0.1, -0.05) is 27.5 Å². The fourth-order valence-electron chi connectivity index (χ4n) is 1.26. The monoisotopic (exact) mass is 292 g/mol. The van der Waals surface area contributed by atoms with Gasteiger partial charge in [0.15, 0.2) is 0 Å². The van der Waals surface area contributed by atoms with Crippen molar-refractivity contribution in [2.45, 2.75) is 10.2 Å². The summed E-state index contributed by atoms with van der Waals surface area (Å²) in [5, 5.41) is 4.82. The molecule has 0 aliphatic carbocycles. The van der Waals surface area contributed by atoms with E-state index in [1.807, 2.05) is 6.07 Å². The highest BCUT2D eigenvalue weighted by Gasteiger charge is 2.09. The van der Waals surface area contributed by atoms with Crippen molar-refractivity contribution in [1.29, 1.82) is 0 Å². The molecule has 0 saturated heterocycles. The zero-order chi connectivity index (χ0) is 9.42. The third kappa shape index (κ3) is 1.63. The van der Waals surface area contributed by atoms with Gasteiger partial charge in [0.25, 0.3) is 0 Å². The third-order valence-corrected chi connectivity index (χ3v) is 4.35. The molecule has 1 aromatic carbocycles. The lowest BCUT2D eigenvalue weighted by atomic mass is 10.2. The molecule has 13 heavy (non-hydrogen) atoms. The second kappa shape index (κ2) is 3.81. The summed E-state index contributed by atoms with van der Waals surface area (Å²) in [6.07, 6.45) is 0. The maximum absolute atomic E-state index is 6.13. The number of alkyl halides is 1. The molecule has 0 saturated carbocycles. The van der Waals surface area contributed by atoms with Crippen LogP contribution >= 0.6 is 51.5 Å². The van der Waals surface area contributed by atoms with E-state index in [9.17, 15) is 0 Å². The van der Waals surface area contributed by atoms with Crippen molar-refractivity contribution in [3.63, 3.8) is 0 Å². The number of rotatable bonds is 1. The third-order valence-electron chi connectivity index (χ3n) is 1.89. The lowest BCUT2D eigenvalue weighted by Gasteiger charge is -2.04. The highest BCUT2D eigenvalue weighted by atomic mass is 79.9. The van der Waals surface area contributed by atoms with Crippen molar-refractivity contribution >= 4 is 61.6 Å². The Morgan fingerprint density at radius 1 is 1.54 bits per heavy atom. The molecule has 2 rings (SSSR count). The van der Waals surface area contributed by atoms with Gasteiger partial charge < -0.3 is 0 Å². The van der Waals surface area contributed by atoms with Gasteiger partial charge >= 0.3 is 0 Å². The van der Waals surface area contributed by atoms with Crippen LogP contribution in [0, 0.1) is 0 Å². The van der Waals surface area contributed by atoms with Gasteiger partial charge in [-0.25, -0.2) is 0 Å². The van der Waals surface area contributed by atoms with Crippen LogP contribution in [0.15, 0.2) is 22.4 Å². The summed E-state index contributed by atoms with van der Waals surface area (Å²) < 4.78 is 1.25. The number of hydrogen-bond acceptors (Lipinski definition) is 2. The van der Waals surface area contributed by atoms with E-state index < -0.39 is 0 Å². The lowest BCUT2D eigenvalue weighted by molar-refractivity contribution is 1.41. The Kier molecular flexibility index (Phi) is 2.88. The minimum absolute atomic E-state index is 0.759. The summed E-state index contributed by atoms with van der Waals surface area (Å²) in [6.45, 7) is 0. The summed E-state index contributed by atoms with van der Waals surface area (Å²) in [5.41, 5.74) is 1.14. The van der Waals surface area contributed by atoms with Crippen LogP contribution in [0.5, 0.6) is 0 Å². The molecule has 0 nitrogen and oxygen atoms in total. The quantitative estimate of drug-likeness (QED) is 0.570. The molecule has 2 aromatic rings. The minimum atomic E-state index is 0.759. The predicted molar refractivity (Wildman–Crippen MR) is 66.7 cm³/mol. The van der Waals surface area contributed by atoms with Gasteiger partial charge in [0.05, 0.1) is 5.02 Å². The van der Waals surface area contributed by atoms with E-state index in [1.165, 1.54) is 10.1 Å². The van der Waals surface area contributed by atoms with Gasteiger partial charge in [0, 0.05) is 20.5 Å². The second-order valence-corrected chi connectivity index (χ2v) is 5.00. The second-order valence-electron chi connectivity index (χ2n) is 2.66. The Morgan fingerprint density at radius 2 is 2.31 bits per heavy atom. The highest BCUT2D eigenvalue weighted by molar-refractivity contribution is 9.08. The van der Waals surface area contributed by atoms with E-state index in [2.05, 4.69) is 40.0 Å². The van der Waals surface area contributed by atoms with Crippen LogP contribution in [0.25, 0.3) is 10.1 Å². The van der Waals surface area contributed by atoms with E-state index in [0.29, 0.717) is 0 Å². The van der Waals surface area contributed by atoms with Crippen LogP contribution in [-0.2, 0) is 5.33 Å². The fraction of sp³-hybridized carbons (Fsp3) is 0.111. The van der Waals surface area contributed by atoms with Crippen molar-refractivity contribution in [3.05, 3.63) is 28.1 Å². The van der Waals surface area contributed by atoms with Crippen LogP contribution in [-0.4, -0.2) is 0 Å². The van der Waals surface area contributed by atoms with Crippen LogP contribution < -0.4 is 0 Å². The van der Waals surface area contributed by atoms with Crippen molar-refractivity contribution < 1.29 is 0 Å². The van der Waals surface area contributed by atoms with Gasteiger partial charge in [-0.3, -0.25) is 0 Å². The Hall–Kier alpha value is 0.300. The first-order valence-corrected chi connectivity index (χ1v) is 6.50. The van der Waals surface area contributed by atoms with Crippen LogP contribution in [0.3, 0.4) is 0 Å². The lowest BCUT2D eigenvalue weighted by Crippen LogP contribution is -1.82. The van der Waals surface area contributed by atoms with Crippen molar-refractivity contribution in [3.8, 4) is 0 Å². The maximum Gasteiger partial charge on any atom is 0.0594 e. The van der Waals surface area contributed by atoms with E-state index in [1.54, 1.807) is 11.3 Å². The summed E-state index contributed by atoms with van der Waals surface area (Å²) in [5.74, 6) is 0. The van der Waals surface area contributed by atoms with Gasteiger partial charge in [0.2, 0.25) is 0 Å². The van der Waals surface area contributed by atoms with E-state index in [-0.39, 0.29) is 0 Å². The standard InChI is InChI=1S/C9H6BrClS2/c10-4-6-8(11)7(12)3-5-1-2-13-9(5)6/h1-3,12H,4H2. The molecule has 0 radical (unpaired) electrons. The molecule has 0 atom stereocenters. The molecule has 0 aliphatic heterocycles. The topological polar surface area (TPSA) is 0 Å². The van der Waals surface area contributed by atoms with Gasteiger partial charge in [0.1, 0.15) is 0 Å². The predicted octanol–water partition coefficient (Wildman–Crippen LogP) is 4.74. The molecule has 68 valence electrons. The molecule has 0 fully saturated rings. The zero-order valence-electron chi connectivity index (χ0n) is 6.55. The summed E-state index contributed by atoms with van der Waals surface area (Å²) in [6, 6.07) is 4.09. The molecule has 0 aliphatic rings. The zero-order valence-corrected chi connectivity index (χ0v) is 10.6. The van der Waals surface area contributed by atoms with Crippen molar-refractivity contribution in [2.75, 3.05) is 0 Å². The van der Waals surface area contributed by atoms with Crippen molar-refractivity contribution in [2.24, 2.45) is 0 Å². The van der Waals surface area contributed by atoms with Crippen LogP contribution in [0.2, 0.25) is 5.02 Å². The molecule has 0 N–H and O–H groups in total. The average Bonchev–Trinajstić information content (AvgIpc) is 2.54. The maximum atomic E-state index is 6.13. The number of halogens is 2. The highest BCUT2D eigenvalue weighted by Crippen LogP contribution is 2.36. The van der Waals surface area contributed by atoms with Gasteiger partial charge in [-0.2, -0.15) is 0 Å². The molecule has 0 amide bonds. The Bertz CT molecular complexity index is 450. The smallest absolute Gasteiger partial charge is 0.0594 e. The molecular weight excluding hydrogens is 288 g/mol. The molecule has 1 aromatic heterocycles. The van der Waals surface area contributed by atoms with E-state index in [4.69, 9.17) is 11.6 Å². The average molecular weight is 294 g/mol. The first kappa shape index (κ1) is 9.84. The fourth-order valence-corrected chi connectivity index (χ4v) is 3.65. The molecule has 4 heteroatoms. The number of fused-ring (bicyclic) bond motifs is 1. The molecule has 0 bridgehead atoms. The van der Waals surface area contributed by atoms with Crippen LogP contribution in [0.1, 0.15) is 5.56 Å². The molecule has 0 unspecified atom stereocenters. The van der Waals surface area contributed by atoms with Crippen molar-refractivity contribution in [1.82, 2.24) is 0 Å². The largest absolute Gasteiger partial charge is 0.143 e. The van der Waals surface area contributed by atoms with Gasteiger partial charge in [-0.15, -0.1) is 24.0 Å².